The van der Waals surface area contributed by atoms with Gasteiger partial charge >= 0.3 is 7.48 Å². The first kappa shape index (κ1) is 17.1. The molecule has 1 aromatic rings. The maximum atomic E-state index is 10.0. The van der Waals surface area contributed by atoms with Crippen molar-refractivity contribution in [2.45, 2.75) is 45.2 Å². The summed E-state index contributed by atoms with van der Waals surface area (Å²) in [7, 11) is 3.52. The van der Waals surface area contributed by atoms with Crippen molar-refractivity contribution < 1.29 is 19.2 Å². The maximum absolute atomic E-state index is 10.0. The topological polar surface area (TPSA) is 60.8 Å². The summed E-state index contributed by atoms with van der Waals surface area (Å²) < 4.78 is 16.1. The SMILES string of the molecule is COC(OC)c1ccc(BOC(C)(C)C(C)(C)O)cn1. The number of methoxy groups -OCH3 is 2. The molecular formula is C14H24BNO4. The molecule has 0 aromatic carbocycles. The summed E-state index contributed by atoms with van der Waals surface area (Å²) in [4.78, 5) is 4.29. The lowest BCUT2D eigenvalue weighted by Gasteiger charge is -2.37. The summed E-state index contributed by atoms with van der Waals surface area (Å²) in [5, 5.41) is 10.0. The number of rotatable bonds is 7. The smallest absolute Gasteiger partial charge is 0.311 e. The van der Waals surface area contributed by atoms with Gasteiger partial charge in [-0.3, -0.25) is 4.98 Å². The second-order valence-electron chi connectivity index (χ2n) is 5.75. The van der Waals surface area contributed by atoms with Crippen molar-refractivity contribution in [3.8, 4) is 0 Å². The zero-order chi connectivity index (χ0) is 15.4. The second-order valence-corrected chi connectivity index (χ2v) is 5.75. The highest BCUT2D eigenvalue weighted by Gasteiger charge is 2.35. The molecule has 0 saturated heterocycles. The zero-order valence-electron chi connectivity index (χ0n) is 13.1. The molecule has 112 valence electrons. The highest BCUT2D eigenvalue weighted by atomic mass is 16.7. The van der Waals surface area contributed by atoms with Gasteiger partial charge in [-0.25, -0.2) is 0 Å². The van der Waals surface area contributed by atoms with Gasteiger partial charge in [-0.15, -0.1) is 0 Å². The van der Waals surface area contributed by atoms with Gasteiger partial charge in [-0.1, -0.05) is 6.07 Å². The molecule has 0 radical (unpaired) electrons. The van der Waals surface area contributed by atoms with Gasteiger partial charge in [-0.05, 0) is 39.2 Å². The Labute approximate surface area is 121 Å². The Balaban J connectivity index is 2.67. The fourth-order valence-electron chi connectivity index (χ4n) is 1.44. The summed E-state index contributed by atoms with van der Waals surface area (Å²) in [5.41, 5.74) is 0.0720. The van der Waals surface area contributed by atoms with E-state index in [9.17, 15) is 5.11 Å². The maximum Gasteiger partial charge on any atom is 0.311 e. The Morgan fingerprint density at radius 1 is 1.15 bits per heavy atom. The number of ether oxygens (including phenoxy) is 2. The Morgan fingerprint density at radius 3 is 2.15 bits per heavy atom. The van der Waals surface area contributed by atoms with E-state index in [4.69, 9.17) is 14.1 Å². The van der Waals surface area contributed by atoms with Crippen LogP contribution in [0.15, 0.2) is 18.3 Å². The lowest BCUT2D eigenvalue weighted by molar-refractivity contribution is -0.108. The van der Waals surface area contributed by atoms with Gasteiger partial charge in [0.2, 0.25) is 6.29 Å². The molecule has 20 heavy (non-hydrogen) atoms. The quantitative estimate of drug-likeness (QED) is 0.595. The molecule has 0 bridgehead atoms. The monoisotopic (exact) mass is 281 g/mol. The average Bonchev–Trinajstić information content (AvgIpc) is 2.38. The van der Waals surface area contributed by atoms with Gasteiger partial charge in [0, 0.05) is 20.4 Å². The highest BCUT2D eigenvalue weighted by molar-refractivity contribution is 6.46. The van der Waals surface area contributed by atoms with Gasteiger partial charge in [0.15, 0.2) is 0 Å². The molecule has 5 nitrogen and oxygen atoms in total. The van der Waals surface area contributed by atoms with Crippen molar-refractivity contribution in [1.82, 2.24) is 4.98 Å². The van der Waals surface area contributed by atoms with Crippen LogP contribution in [-0.2, 0) is 14.1 Å². The first-order chi connectivity index (χ1) is 9.21. The van der Waals surface area contributed by atoms with E-state index in [0.29, 0.717) is 13.2 Å². The summed E-state index contributed by atoms with van der Waals surface area (Å²) in [5.74, 6) is 0. The van der Waals surface area contributed by atoms with E-state index in [1.54, 1.807) is 34.3 Å². The standard InChI is InChI=1S/C14H24BNO4/c1-13(2,17)14(3,4)20-15-10-7-8-11(16-9-10)12(18-5)19-6/h7-9,12,15,17H,1-6H3. The number of aliphatic hydroxyl groups is 1. The third-order valence-corrected chi connectivity index (χ3v) is 3.59. The summed E-state index contributed by atoms with van der Waals surface area (Å²) >= 11 is 0. The molecule has 0 saturated carbocycles. The molecule has 1 aromatic heterocycles. The molecule has 0 spiro atoms. The number of nitrogens with zero attached hydrogens (tertiary/aromatic N) is 1. The van der Waals surface area contributed by atoms with Gasteiger partial charge in [0.1, 0.15) is 0 Å². The van der Waals surface area contributed by atoms with Crippen molar-refractivity contribution in [3.63, 3.8) is 0 Å². The largest absolute Gasteiger partial charge is 0.427 e. The summed E-state index contributed by atoms with van der Waals surface area (Å²) in [6.07, 6.45) is 1.26. The fourth-order valence-corrected chi connectivity index (χ4v) is 1.44. The Morgan fingerprint density at radius 2 is 1.75 bits per heavy atom. The van der Waals surface area contributed by atoms with Gasteiger partial charge in [0.25, 0.3) is 0 Å². The Bertz CT molecular complexity index is 410. The molecule has 0 amide bonds. The first-order valence-electron chi connectivity index (χ1n) is 6.58. The number of pyridine rings is 1. The van der Waals surface area contributed by atoms with Gasteiger partial charge in [0.05, 0.1) is 16.9 Å². The van der Waals surface area contributed by atoms with Crippen LogP contribution in [-0.4, -0.2) is 43.0 Å². The van der Waals surface area contributed by atoms with Crippen LogP contribution in [0.4, 0.5) is 0 Å². The predicted octanol–water partition coefficient (Wildman–Crippen LogP) is 0.916. The third kappa shape index (κ3) is 4.28. The second kappa shape index (κ2) is 6.67. The van der Waals surface area contributed by atoms with E-state index in [2.05, 4.69) is 4.98 Å². The Hall–Kier alpha value is -0.945. The zero-order valence-corrected chi connectivity index (χ0v) is 13.1. The summed E-state index contributed by atoms with van der Waals surface area (Å²) in [6, 6.07) is 3.75. The molecule has 1 heterocycles. The van der Waals surface area contributed by atoms with Crippen LogP contribution in [0.1, 0.15) is 39.7 Å². The molecule has 1 N–H and O–H groups in total. The lowest BCUT2D eigenvalue weighted by Crippen LogP contribution is -2.49. The summed E-state index contributed by atoms with van der Waals surface area (Å²) in [6.45, 7) is 7.19. The molecule has 0 aliphatic carbocycles. The lowest BCUT2D eigenvalue weighted by atomic mass is 9.83. The number of aromatic nitrogens is 1. The molecule has 0 aliphatic heterocycles. The molecule has 0 atom stereocenters. The normalized spacial score (nSPS) is 12.8. The van der Waals surface area contributed by atoms with E-state index in [0.717, 1.165) is 5.46 Å². The molecule has 0 aliphatic rings. The van der Waals surface area contributed by atoms with Gasteiger partial charge < -0.3 is 19.2 Å². The van der Waals surface area contributed by atoms with Crippen LogP contribution >= 0.6 is 0 Å². The molecule has 1 rings (SSSR count). The number of hydrogen-bond acceptors (Lipinski definition) is 5. The molecule has 6 heteroatoms. The molecular weight excluding hydrogens is 257 g/mol. The van der Waals surface area contributed by atoms with E-state index >= 15 is 0 Å². The minimum Gasteiger partial charge on any atom is -0.427 e. The van der Waals surface area contributed by atoms with Gasteiger partial charge in [-0.2, -0.15) is 0 Å². The van der Waals surface area contributed by atoms with Crippen molar-refractivity contribution in [1.29, 1.82) is 0 Å². The van der Waals surface area contributed by atoms with E-state index in [-0.39, 0.29) is 0 Å². The van der Waals surface area contributed by atoms with Crippen LogP contribution < -0.4 is 5.46 Å². The van der Waals surface area contributed by atoms with E-state index in [1.165, 1.54) is 0 Å². The number of hydrogen-bond donors (Lipinski definition) is 1. The van der Waals surface area contributed by atoms with Crippen LogP contribution in [0.3, 0.4) is 0 Å². The Kier molecular flexibility index (Phi) is 5.71. The van der Waals surface area contributed by atoms with Crippen molar-refractivity contribution in [2.75, 3.05) is 14.2 Å². The van der Waals surface area contributed by atoms with Crippen LogP contribution in [0.25, 0.3) is 0 Å². The van der Waals surface area contributed by atoms with Crippen molar-refractivity contribution in [3.05, 3.63) is 24.0 Å². The average molecular weight is 281 g/mol. The molecule has 0 unspecified atom stereocenters. The minimum absolute atomic E-state index is 0.384. The fraction of sp³-hybridized carbons (Fsp3) is 0.643. The minimum atomic E-state index is -0.919. The predicted molar refractivity (Wildman–Crippen MR) is 79.2 cm³/mol. The first-order valence-corrected chi connectivity index (χ1v) is 6.58. The van der Waals surface area contributed by atoms with Crippen LogP contribution in [0, 0.1) is 0 Å². The third-order valence-electron chi connectivity index (χ3n) is 3.59. The van der Waals surface area contributed by atoms with E-state index in [1.807, 2.05) is 26.0 Å². The van der Waals surface area contributed by atoms with Crippen molar-refractivity contribution in [2.24, 2.45) is 0 Å². The van der Waals surface area contributed by atoms with Crippen molar-refractivity contribution >= 4 is 12.9 Å². The molecule has 0 fully saturated rings. The van der Waals surface area contributed by atoms with Crippen LogP contribution in [0.5, 0.6) is 0 Å². The highest BCUT2D eigenvalue weighted by Crippen LogP contribution is 2.24. The van der Waals surface area contributed by atoms with E-state index < -0.39 is 17.5 Å². The van der Waals surface area contributed by atoms with Crippen LogP contribution in [0.2, 0.25) is 0 Å².